The lowest BCUT2D eigenvalue weighted by atomic mass is 10.1. The van der Waals surface area contributed by atoms with Gasteiger partial charge in [-0.1, -0.05) is 24.3 Å². The van der Waals surface area contributed by atoms with Gasteiger partial charge in [-0.15, -0.1) is 0 Å². The lowest BCUT2D eigenvalue weighted by Gasteiger charge is -2.23. The van der Waals surface area contributed by atoms with Gasteiger partial charge in [0.25, 0.3) is 0 Å². The van der Waals surface area contributed by atoms with Crippen LogP contribution in [-0.4, -0.2) is 31.8 Å². The second kappa shape index (κ2) is 4.82. The van der Waals surface area contributed by atoms with Crippen molar-refractivity contribution in [3.05, 3.63) is 35.4 Å². The number of hydrogen-bond donors (Lipinski definition) is 1. The molecular formula is C14H15NO3. The predicted octanol–water partition coefficient (Wildman–Crippen LogP) is 1.15. The molecule has 1 N–H and O–H groups in total. The molecule has 1 heterocycles. The first-order valence-electron chi connectivity index (χ1n) is 6.12. The van der Waals surface area contributed by atoms with Gasteiger partial charge in [-0.05, 0) is 18.1 Å². The number of hydrogen-bond acceptors (Lipinski definition) is 3. The molecule has 94 valence electrons. The molecule has 1 saturated heterocycles. The van der Waals surface area contributed by atoms with E-state index in [2.05, 4.69) is 23.5 Å². The Hall–Kier alpha value is -1.81. The van der Waals surface area contributed by atoms with Gasteiger partial charge in [0.05, 0.1) is 0 Å². The first kappa shape index (κ1) is 11.3. The number of amides is 1. The minimum Gasteiger partial charge on any atom is -0.490 e. The van der Waals surface area contributed by atoms with Crippen LogP contribution in [0.15, 0.2) is 24.3 Å². The normalized spacial score (nSPS) is 21.6. The number of allylic oxidation sites excluding steroid dienone is 1. The molecule has 1 amide bonds. The maximum absolute atomic E-state index is 11.0. The molecule has 1 aliphatic heterocycles. The molecule has 2 aliphatic rings. The van der Waals surface area contributed by atoms with Gasteiger partial charge in [0.1, 0.15) is 25.1 Å². The first-order valence-corrected chi connectivity index (χ1v) is 6.12. The van der Waals surface area contributed by atoms with Crippen LogP contribution in [0.5, 0.6) is 5.75 Å². The summed E-state index contributed by atoms with van der Waals surface area (Å²) in [6.45, 7) is 1.12. The molecule has 1 atom stereocenters. The molecule has 1 unspecified atom stereocenters. The number of nitrogens with one attached hydrogen (secondary N) is 1. The van der Waals surface area contributed by atoms with E-state index in [-0.39, 0.29) is 18.6 Å². The van der Waals surface area contributed by atoms with E-state index in [1.165, 1.54) is 11.1 Å². The summed E-state index contributed by atoms with van der Waals surface area (Å²) in [5.74, 6) is 0.856. The van der Waals surface area contributed by atoms with Crippen LogP contribution in [0.1, 0.15) is 11.1 Å². The summed E-state index contributed by atoms with van der Waals surface area (Å²) in [6.07, 6.45) is 5.11. The minimum absolute atomic E-state index is 0.0592. The molecule has 0 saturated carbocycles. The monoisotopic (exact) mass is 245 g/mol. The molecule has 0 aromatic heterocycles. The number of carbonyl (C=O) groups is 1. The average Bonchev–Trinajstić information content (AvgIpc) is 2.87. The summed E-state index contributed by atoms with van der Waals surface area (Å²) in [7, 11) is 0. The van der Waals surface area contributed by atoms with Gasteiger partial charge in [0.15, 0.2) is 0 Å². The topological polar surface area (TPSA) is 47.6 Å². The van der Waals surface area contributed by atoms with Gasteiger partial charge < -0.3 is 14.8 Å². The molecule has 18 heavy (non-hydrogen) atoms. The maximum atomic E-state index is 11.0. The Labute approximate surface area is 106 Å². The lowest BCUT2D eigenvalue weighted by Crippen LogP contribution is -2.45. The van der Waals surface area contributed by atoms with E-state index in [4.69, 9.17) is 9.47 Å². The van der Waals surface area contributed by atoms with Crippen LogP contribution in [0, 0.1) is 0 Å². The summed E-state index contributed by atoms with van der Waals surface area (Å²) < 4.78 is 11.2. The van der Waals surface area contributed by atoms with Gasteiger partial charge in [-0.2, -0.15) is 0 Å². The van der Waals surface area contributed by atoms with Crippen LogP contribution in [0.4, 0.5) is 0 Å². The van der Waals surface area contributed by atoms with Gasteiger partial charge in [-0.3, -0.25) is 4.79 Å². The largest absolute Gasteiger partial charge is 0.490 e. The summed E-state index contributed by atoms with van der Waals surface area (Å²) >= 11 is 0. The van der Waals surface area contributed by atoms with Gasteiger partial charge in [-0.25, -0.2) is 0 Å². The average molecular weight is 245 g/mol. The third-order valence-electron chi connectivity index (χ3n) is 3.19. The van der Waals surface area contributed by atoms with Crippen molar-refractivity contribution in [2.45, 2.75) is 12.5 Å². The van der Waals surface area contributed by atoms with E-state index in [1.807, 2.05) is 12.1 Å². The van der Waals surface area contributed by atoms with Crippen LogP contribution in [0.3, 0.4) is 0 Å². The smallest absolute Gasteiger partial charge is 0.246 e. The zero-order valence-electron chi connectivity index (χ0n) is 10.0. The highest BCUT2D eigenvalue weighted by molar-refractivity contribution is 5.77. The molecule has 1 fully saturated rings. The van der Waals surface area contributed by atoms with E-state index < -0.39 is 0 Å². The maximum Gasteiger partial charge on any atom is 0.246 e. The second-order valence-electron chi connectivity index (χ2n) is 4.48. The minimum atomic E-state index is -0.0621. The van der Waals surface area contributed by atoms with Gasteiger partial charge in [0.2, 0.25) is 5.91 Å². The Morgan fingerprint density at radius 1 is 1.44 bits per heavy atom. The number of morpholine rings is 1. The Kier molecular flexibility index (Phi) is 3.02. The quantitative estimate of drug-likeness (QED) is 0.869. The summed E-state index contributed by atoms with van der Waals surface area (Å²) in [5.41, 5.74) is 2.46. The number of ether oxygens (including phenoxy) is 2. The van der Waals surface area contributed by atoms with E-state index in [9.17, 15) is 4.79 Å². The molecule has 4 heteroatoms. The molecule has 1 aromatic carbocycles. The fourth-order valence-electron chi connectivity index (χ4n) is 2.22. The number of rotatable bonds is 3. The molecule has 0 bridgehead atoms. The summed E-state index contributed by atoms with van der Waals surface area (Å²) in [5, 5.41) is 2.76. The molecule has 0 radical (unpaired) electrons. The van der Waals surface area contributed by atoms with Crippen LogP contribution in [0.2, 0.25) is 0 Å². The summed E-state index contributed by atoms with van der Waals surface area (Å²) in [6, 6.07) is 6.06. The van der Waals surface area contributed by atoms with E-state index in [1.54, 1.807) is 0 Å². The third-order valence-corrected chi connectivity index (χ3v) is 3.19. The first-order chi connectivity index (χ1) is 8.83. The zero-order chi connectivity index (χ0) is 12.4. The molecule has 4 nitrogen and oxygen atoms in total. The van der Waals surface area contributed by atoms with Crippen LogP contribution in [-0.2, 0) is 16.0 Å². The van der Waals surface area contributed by atoms with E-state index >= 15 is 0 Å². The van der Waals surface area contributed by atoms with Crippen molar-refractivity contribution in [1.29, 1.82) is 0 Å². The second-order valence-corrected chi connectivity index (χ2v) is 4.48. The van der Waals surface area contributed by atoms with Crippen LogP contribution < -0.4 is 10.1 Å². The molecular weight excluding hydrogens is 230 g/mol. The van der Waals surface area contributed by atoms with Crippen molar-refractivity contribution in [3.63, 3.8) is 0 Å². The predicted molar refractivity (Wildman–Crippen MR) is 67.4 cm³/mol. The fraction of sp³-hybridized carbons (Fsp3) is 0.357. The van der Waals surface area contributed by atoms with Gasteiger partial charge >= 0.3 is 0 Å². The van der Waals surface area contributed by atoms with Gasteiger partial charge in [0, 0.05) is 12.1 Å². The van der Waals surface area contributed by atoms with Crippen molar-refractivity contribution in [2.75, 3.05) is 19.8 Å². The van der Waals surface area contributed by atoms with Crippen LogP contribution >= 0.6 is 0 Å². The molecule has 1 aromatic rings. The van der Waals surface area contributed by atoms with E-state index in [0.717, 1.165) is 12.2 Å². The number of carbonyl (C=O) groups excluding carboxylic acids is 1. The van der Waals surface area contributed by atoms with Crippen molar-refractivity contribution in [1.82, 2.24) is 5.32 Å². The molecule has 3 rings (SSSR count). The lowest BCUT2D eigenvalue weighted by molar-refractivity contribution is -0.134. The molecule has 1 aliphatic carbocycles. The third kappa shape index (κ3) is 2.24. The number of benzene rings is 1. The zero-order valence-corrected chi connectivity index (χ0v) is 10.0. The Bertz CT molecular complexity index is 486. The highest BCUT2D eigenvalue weighted by Gasteiger charge is 2.19. The van der Waals surface area contributed by atoms with Crippen molar-refractivity contribution >= 4 is 12.0 Å². The van der Waals surface area contributed by atoms with Crippen molar-refractivity contribution in [3.8, 4) is 5.75 Å². The Balaban J connectivity index is 1.61. The Morgan fingerprint density at radius 2 is 2.39 bits per heavy atom. The Morgan fingerprint density at radius 3 is 3.22 bits per heavy atom. The highest BCUT2D eigenvalue weighted by Crippen LogP contribution is 2.28. The summed E-state index contributed by atoms with van der Waals surface area (Å²) in [4.78, 5) is 11.0. The number of fused-ring (bicyclic) bond motifs is 1. The standard InChI is InChI=1S/C14H15NO3/c16-14-9-17-11(7-15-14)8-18-13-6-2-4-10-3-1-5-12(10)13/h1-4,6,11H,5,7-9H2,(H,15,16). The van der Waals surface area contributed by atoms with E-state index in [0.29, 0.717) is 13.2 Å². The fourth-order valence-corrected chi connectivity index (χ4v) is 2.22. The van der Waals surface area contributed by atoms with Crippen molar-refractivity contribution in [2.24, 2.45) is 0 Å². The van der Waals surface area contributed by atoms with Crippen molar-refractivity contribution < 1.29 is 14.3 Å². The SMILES string of the molecule is O=C1COC(COc2cccc3c2CC=C3)CN1. The molecule has 0 spiro atoms. The highest BCUT2D eigenvalue weighted by atomic mass is 16.5. The van der Waals surface area contributed by atoms with Crippen LogP contribution in [0.25, 0.3) is 6.08 Å².